The highest BCUT2D eigenvalue weighted by Crippen LogP contribution is 2.28. The number of aryl methyl sites for hydroxylation is 2. The van der Waals surface area contributed by atoms with E-state index in [9.17, 15) is 5.26 Å². The molecular formula is C24H22N6. The number of hydrogen-bond donors (Lipinski definition) is 1. The Kier molecular flexibility index (Phi) is 4.88. The zero-order valence-electron chi connectivity index (χ0n) is 17.4. The molecule has 148 valence electrons. The van der Waals surface area contributed by atoms with Gasteiger partial charge < -0.3 is 5.32 Å². The molecule has 30 heavy (non-hydrogen) atoms. The van der Waals surface area contributed by atoms with Gasteiger partial charge in [-0.15, -0.1) is 0 Å². The Labute approximate surface area is 175 Å². The summed E-state index contributed by atoms with van der Waals surface area (Å²) in [5.74, 6) is 1.33. The molecule has 1 N–H and O–H groups in total. The van der Waals surface area contributed by atoms with E-state index >= 15 is 0 Å². The smallest absolute Gasteiger partial charge is 0.165 e. The number of anilines is 2. The summed E-state index contributed by atoms with van der Waals surface area (Å²) in [6, 6.07) is 18.0. The highest BCUT2D eigenvalue weighted by Gasteiger charge is 2.19. The summed E-state index contributed by atoms with van der Waals surface area (Å²) < 4.78 is 0. The minimum absolute atomic E-state index is 0.527. The summed E-state index contributed by atoms with van der Waals surface area (Å²) in [5, 5.41) is 13.5. The van der Waals surface area contributed by atoms with Crippen LogP contribution in [0.15, 0.2) is 54.7 Å². The quantitative estimate of drug-likeness (QED) is 0.509. The van der Waals surface area contributed by atoms with E-state index in [2.05, 4.69) is 26.3 Å². The first-order valence-corrected chi connectivity index (χ1v) is 9.73. The molecule has 3 heterocycles. The Morgan fingerprint density at radius 3 is 2.40 bits per heavy atom. The van der Waals surface area contributed by atoms with E-state index in [1.165, 1.54) is 0 Å². The van der Waals surface area contributed by atoms with E-state index < -0.39 is 5.41 Å². The van der Waals surface area contributed by atoms with Crippen LogP contribution in [0.1, 0.15) is 30.8 Å². The summed E-state index contributed by atoms with van der Waals surface area (Å²) in [4.78, 5) is 18.3. The molecule has 1 aromatic carbocycles. The van der Waals surface area contributed by atoms with E-state index in [1.807, 2.05) is 76.2 Å². The Balaban J connectivity index is 1.71. The van der Waals surface area contributed by atoms with E-state index in [4.69, 9.17) is 4.98 Å². The zero-order chi connectivity index (χ0) is 21.3. The zero-order valence-corrected chi connectivity index (χ0v) is 17.4. The van der Waals surface area contributed by atoms with Crippen LogP contribution in [0.3, 0.4) is 0 Å². The first-order chi connectivity index (χ1) is 14.4. The highest BCUT2D eigenvalue weighted by atomic mass is 15.1. The first kappa shape index (κ1) is 19.5. The maximum Gasteiger partial charge on any atom is 0.165 e. The molecule has 0 fully saturated rings. The standard InChI is InChI=1S/C24H22N6/c1-15-6-5-13-26-21(15)20-12-11-19-22(27-16(2)28-23(19)30-20)29-18-9-7-17(8-10-18)24(3,4)14-25/h5-13H,1-4H3,(H,27,28,29,30). The number of pyridine rings is 2. The van der Waals surface area contributed by atoms with E-state index in [-0.39, 0.29) is 0 Å². The number of hydrogen-bond acceptors (Lipinski definition) is 6. The van der Waals surface area contributed by atoms with Crippen LogP contribution < -0.4 is 5.32 Å². The van der Waals surface area contributed by atoms with Gasteiger partial charge in [0.15, 0.2) is 5.65 Å². The Bertz CT molecular complexity index is 1270. The lowest BCUT2D eigenvalue weighted by Crippen LogP contribution is -2.13. The van der Waals surface area contributed by atoms with Gasteiger partial charge in [-0.25, -0.2) is 15.0 Å². The number of rotatable bonds is 4. The second kappa shape index (κ2) is 7.53. The van der Waals surface area contributed by atoms with Crippen molar-refractivity contribution in [3.05, 3.63) is 71.7 Å². The van der Waals surface area contributed by atoms with Gasteiger partial charge in [-0.05, 0) is 69.2 Å². The molecule has 6 heteroatoms. The lowest BCUT2D eigenvalue weighted by atomic mass is 9.86. The Morgan fingerprint density at radius 1 is 0.933 bits per heavy atom. The average molecular weight is 394 g/mol. The van der Waals surface area contributed by atoms with Crippen LogP contribution >= 0.6 is 0 Å². The number of fused-ring (bicyclic) bond motifs is 1. The first-order valence-electron chi connectivity index (χ1n) is 9.73. The van der Waals surface area contributed by atoms with E-state index in [0.717, 1.165) is 33.6 Å². The molecule has 0 aliphatic rings. The minimum Gasteiger partial charge on any atom is -0.340 e. The van der Waals surface area contributed by atoms with Crippen LogP contribution in [-0.4, -0.2) is 19.9 Å². The molecule has 4 aromatic rings. The molecule has 0 bridgehead atoms. The third kappa shape index (κ3) is 3.70. The lowest BCUT2D eigenvalue weighted by molar-refractivity contribution is 0.687. The van der Waals surface area contributed by atoms with Crippen molar-refractivity contribution >= 4 is 22.5 Å². The van der Waals surface area contributed by atoms with Crippen molar-refractivity contribution in [2.24, 2.45) is 0 Å². The normalized spacial score (nSPS) is 11.3. The summed E-state index contributed by atoms with van der Waals surface area (Å²) in [6.07, 6.45) is 1.77. The molecule has 0 unspecified atom stereocenters. The van der Waals surface area contributed by atoms with E-state index in [1.54, 1.807) is 6.20 Å². The van der Waals surface area contributed by atoms with Crippen molar-refractivity contribution in [1.29, 1.82) is 5.26 Å². The SMILES string of the molecule is Cc1nc(Nc2ccc(C(C)(C)C#N)cc2)c2ccc(-c3ncccc3C)nc2n1. The van der Waals surface area contributed by atoms with Gasteiger partial charge in [0.2, 0.25) is 0 Å². The predicted molar refractivity (Wildman–Crippen MR) is 118 cm³/mol. The molecular weight excluding hydrogens is 372 g/mol. The van der Waals surface area contributed by atoms with Crippen molar-refractivity contribution < 1.29 is 0 Å². The van der Waals surface area contributed by atoms with Crippen LogP contribution in [-0.2, 0) is 5.41 Å². The van der Waals surface area contributed by atoms with Gasteiger partial charge in [0.1, 0.15) is 11.6 Å². The number of aromatic nitrogens is 4. The van der Waals surface area contributed by atoms with Gasteiger partial charge in [-0.3, -0.25) is 4.98 Å². The fourth-order valence-electron chi connectivity index (χ4n) is 3.27. The molecule has 0 amide bonds. The number of benzene rings is 1. The van der Waals surface area contributed by atoms with Crippen molar-refractivity contribution in [3.63, 3.8) is 0 Å². The van der Waals surface area contributed by atoms with Crippen LogP contribution in [0.4, 0.5) is 11.5 Å². The van der Waals surface area contributed by atoms with Gasteiger partial charge in [-0.1, -0.05) is 18.2 Å². The number of nitriles is 1. The third-order valence-corrected chi connectivity index (χ3v) is 5.07. The van der Waals surface area contributed by atoms with Crippen molar-refractivity contribution in [3.8, 4) is 17.5 Å². The third-order valence-electron chi connectivity index (χ3n) is 5.07. The van der Waals surface area contributed by atoms with Gasteiger partial charge in [0.05, 0.1) is 28.3 Å². The highest BCUT2D eigenvalue weighted by molar-refractivity contribution is 5.90. The topological polar surface area (TPSA) is 87.4 Å². The molecule has 4 rings (SSSR count). The minimum atomic E-state index is -0.527. The van der Waals surface area contributed by atoms with Crippen molar-refractivity contribution in [2.75, 3.05) is 5.32 Å². The van der Waals surface area contributed by atoms with Gasteiger partial charge in [0.25, 0.3) is 0 Å². The van der Waals surface area contributed by atoms with Gasteiger partial charge >= 0.3 is 0 Å². The molecule has 0 aliphatic carbocycles. The number of nitrogens with one attached hydrogen (secondary N) is 1. The largest absolute Gasteiger partial charge is 0.340 e. The van der Waals surface area contributed by atoms with Crippen molar-refractivity contribution in [1.82, 2.24) is 19.9 Å². The van der Waals surface area contributed by atoms with Crippen LogP contribution in [0.25, 0.3) is 22.4 Å². The molecule has 0 aliphatic heterocycles. The maximum absolute atomic E-state index is 9.33. The molecule has 0 spiro atoms. The molecule has 6 nitrogen and oxygen atoms in total. The molecule has 0 atom stereocenters. The van der Waals surface area contributed by atoms with Crippen LogP contribution in [0, 0.1) is 25.2 Å². The lowest BCUT2D eigenvalue weighted by Gasteiger charge is -2.16. The second-order valence-corrected chi connectivity index (χ2v) is 7.80. The molecule has 0 radical (unpaired) electrons. The van der Waals surface area contributed by atoms with Crippen LogP contribution in [0.5, 0.6) is 0 Å². The summed E-state index contributed by atoms with van der Waals surface area (Å²) >= 11 is 0. The van der Waals surface area contributed by atoms with Gasteiger partial charge in [0, 0.05) is 11.9 Å². The Morgan fingerprint density at radius 2 is 1.70 bits per heavy atom. The second-order valence-electron chi connectivity index (χ2n) is 7.80. The maximum atomic E-state index is 9.33. The van der Waals surface area contributed by atoms with Gasteiger partial charge in [-0.2, -0.15) is 5.26 Å². The van der Waals surface area contributed by atoms with Crippen molar-refractivity contribution in [2.45, 2.75) is 33.1 Å². The Hall–Kier alpha value is -3.85. The monoisotopic (exact) mass is 394 g/mol. The fraction of sp³-hybridized carbons (Fsp3) is 0.208. The summed E-state index contributed by atoms with van der Waals surface area (Å²) in [7, 11) is 0. The average Bonchev–Trinajstić information content (AvgIpc) is 2.74. The molecule has 3 aromatic heterocycles. The summed E-state index contributed by atoms with van der Waals surface area (Å²) in [5.41, 5.74) is 4.64. The van der Waals surface area contributed by atoms with E-state index in [0.29, 0.717) is 17.3 Å². The fourth-order valence-corrected chi connectivity index (χ4v) is 3.27. The predicted octanol–water partition coefficient (Wildman–Crippen LogP) is 5.25. The molecule has 0 saturated heterocycles. The van der Waals surface area contributed by atoms with Crippen LogP contribution in [0.2, 0.25) is 0 Å². The summed E-state index contributed by atoms with van der Waals surface area (Å²) in [6.45, 7) is 7.68. The molecule has 0 saturated carbocycles. The number of nitrogens with zero attached hydrogens (tertiary/aromatic N) is 5.